The quantitative estimate of drug-likeness (QED) is 0.359. The maximum atomic E-state index is 14.2. The maximum absolute atomic E-state index is 14.2. The van der Waals surface area contributed by atoms with Crippen molar-refractivity contribution in [3.63, 3.8) is 0 Å². The van der Waals surface area contributed by atoms with Crippen molar-refractivity contribution in [2.75, 3.05) is 77.8 Å². The van der Waals surface area contributed by atoms with Crippen LogP contribution in [0.5, 0.6) is 5.75 Å². The van der Waals surface area contributed by atoms with Gasteiger partial charge in [-0.05, 0) is 111 Å². The number of carbonyl (C=O) groups is 1. The molecule has 1 spiro atoms. The van der Waals surface area contributed by atoms with Crippen LogP contribution in [0, 0.1) is 11.8 Å². The van der Waals surface area contributed by atoms with Crippen LogP contribution in [0.25, 0.3) is 0 Å². The molecule has 2 bridgehead atoms. The summed E-state index contributed by atoms with van der Waals surface area (Å²) in [6.07, 6.45) is 10.4. The number of nitrogens with one attached hydrogen (secondary N) is 1. The molecule has 11 nitrogen and oxygen atoms in total. The third kappa shape index (κ3) is 8.61. The van der Waals surface area contributed by atoms with Crippen LogP contribution in [0.4, 0.5) is 5.69 Å². The summed E-state index contributed by atoms with van der Waals surface area (Å²) in [6.45, 7) is 7.28. The van der Waals surface area contributed by atoms with E-state index in [9.17, 15) is 13.2 Å². The SMILES string of the molecule is CO[C@H]1C/C=C/[C@H](OCCN2CCOCC2)[C@@H]2CC[C@H]2CN2C[C@@]3(CCCc4cc(Cl)ccc43)COc3ccc(cc32)C(=O)NS(=O)(=O)[C@H]1C[C@@H]1CCCO1. The summed E-state index contributed by atoms with van der Waals surface area (Å²) in [5.41, 5.74) is 3.34. The van der Waals surface area contributed by atoms with Crippen molar-refractivity contribution in [2.45, 2.75) is 86.8 Å². The van der Waals surface area contributed by atoms with Gasteiger partial charge in [0.1, 0.15) is 11.0 Å². The number of sulfonamides is 1. The number of hydrogen-bond donors (Lipinski definition) is 1. The highest BCUT2D eigenvalue weighted by Gasteiger charge is 2.45. The van der Waals surface area contributed by atoms with Crippen molar-refractivity contribution in [2.24, 2.45) is 11.8 Å². The number of carbonyl (C=O) groups excluding carboxylic acids is 1. The van der Waals surface area contributed by atoms with Crippen LogP contribution in [-0.4, -0.2) is 116 Å². The zero-order chi connectivity index (χ0) is 38.0. The molecule has 2 aliphatic carbocycles. The highest BCUT2D eigenvalue weighted by atomic mass is 35.5. The molecule has 6 aliphatic rings. The van der Waals surface area contributed by atoms with Crippen LogP contribution in [0.2, 0.25) is 5.02 Å². The van der Waals surface area contributed by atoms with Gasteiger partial charge in [-0.25, -0.2) is 13.1 Å². The molecule has 13 heteroatoms. The second kappa shape index (κ2) is 17.0. The zero-order valence-corrected chi connectivity index (χ0v) is 33.5. The fraction of sp³-hybridized carbons (Fsp3) is 0.643. The van der Waals surface area contributed by atoms with Gasteiger partial charge in [-0.1, -0.05) is 29.8 Å². The van der Waals surface area contributed by atoms with E-state index in [1.807, 2.05) is 24.3 Å². The van der Waals surface area contributed by atoms with Crippen LogP contribution >= 0.6 is 11.6 Å². The minimum Gasteiger partial charge on any atom is -0.490 e. The maximum Gasteiger partial charge on any atom is 0.264 e. The molecule has 1 amide bonds. The Morgan fingerprint density at radius 1 is 1.05 bits per heavy atom. The number of nitrogens with zero attached hydrogens (tertiary/aromatic N) is 2. The largest absolute Gasteiger partial charge is 0.490 e. The van der Waals surface area contributed by atoms with Gasteiger partial charge in [0, 0.05) is 62.4 Å². The van der Waals surface area contributed by atoms with Gasteiger partial charge in [-0.2, -0.15) is 0 Å². The van der Waals surface area contributed by atoms with Crippen molar-refractivity contribution in [3.05, 3.63) is 70.3 Å². The lowest BCUT2D eigenvalue weighted by Crippen LogP contribution is -2.50. The van der Waals surface area contributed by atoms with Crippen molar-refractivity contribution >= 4 is 33.2 Å². The van der Waals surface area contributed by atoms with Crippen LogP contribution in [0.15, 0.2) is 48.6 Å². The molecule has 300 valence electrons. The molecule has 1 saturated carbocycles. The van der Waals surface area contributed by atoms with Crippen molar-refractivity contribution in [1.29, 1.82) is 0 Å². The van der Waals surface area contributed by atoms with Gasteiger partial charge in [-0.15, -0.1) is 0 Å². The van der Waals surface area contributed by atoms with Gasteiger partial charge in [-0.3, -0.25) is 9.69 Å². The minimum absolute atomic E-state index is 0.140. The lowest BCUT2D eigenvalue weighted by Gasteiger charge is -2.46. The summed E-state index contributed by atoms with van der Waals surface area (Å²) >= 11 is 6.50. The number of morpholine rings is 1. The molecule has 55 heavy (non-hydrogen) atoms. The number of fused-ring (bicyclic) bond motifs is 4. The number of halogens is 1. The summed E-state index contributed by atoms with van der Waals surface area (Å²) < 4.78 is 61.8. The van der Waals surface area contributed by atoms with Crippen molar-refractivity contribution < 1.29 is 36.9 Å². The van der Waals surface area contributed by atoms with E-state index < -0.39 is 27.3 Å². The van der Waals surface area contributed by atoms with Gasteiger partial charge in [0.05, 0.1) is 50.4 Å². The molecule has 0 unspecified atom stereocenters. The number of hydrogen-bond acceptors (Lipinski definition) is 10. The fourth-order valence-electron chi connectivity index (χ4n) is 9.83. The first-order valence-corrected chi connectivity index (χ1v) is 22.2. The molecule has 4 heterocycles. The van der Waals surface area contributed by atoms with E-state index in [4.69, 9.17) is 35.3 Å². The summed E-state index contributed by atoms with van der Waals surface area (Å²) in [7, 11) is -2.64. The number of methoxy groups -OCH3 is 1. The Morgan fingerprint density at radius 3 is 2.71 bits per heavy atom. The van der Waals surface area contributed by atoms with E-state index in [1.54, 1.807) is 13.2 Å². The summed E-state index contributed by atoms with van der Waals surface area (Å²) in [6, 6.07) is 11.6. The van der Waals surface area contributed by atoms with Crippen molar-refractivity contribution in [3.8, 4) is 5.75 Å². The molecular weight excluding hydrogens is 742 g/mol. The van der Waals surface area contributed by atoms with Crippen molar-refractivity contribution in [1.82, 2.24) is 9.62 Å². The zero-order valence-electron chi connectivity index (χ0n) is 32.0. The van der Waals surface area contributed by atoms with E-state index in [0.29, 0.717) is 44.5 Å². The van der Waals surface area contributed by atoms with E-state index >= 15 is 0 Å². The Balaban J connectivity index is 1.15. The Kier molecular flexibility index (Phi) is 12.1. The number of aryl methyl sites for hydroxylation is 1. The van der Waals surface area contributed by atoms with Gasteiger partial charge < -0.3 is 28.6 Å². The first kappa shape index (κ1) is 39.1. The number of anilines is 1. The summed E-state index contributed by atoms with van der Waals surface area (Å²) in [5, 5.41) is -0.260. The monoisotopic (exact) mass is 797 g/mol. The highest BCUT2D eigenvalue weighted by molar-refractivity contribution is 7.90. The smallest absolute Gasteiger partial charge is 0.264 e. The lowest BCUT2D eigenvalue weighted by atomic mass is 9.68. The molecule has 7 atom stereocenters. The molecule has 0 radical (unpaired) electrons. The van der Waals surface area contributed by atoms with E-state index in [0.717, 1.165) is 95.0 Å². The molecule has 4 aliphatic heterocycles. The van der Waals surface area contributed by atoms with Gasteiger partial charge in [0.2, 0.25) is 10.0 Å². The molecule has 8 rings (SSSR count). The summed E-state index contributed by atoms with van der Waals surface area (Å²) in [5.74, 6) is 0.645. The molecule has 1 N–H and O–H groups in total. The van der Waals surface area contributed by atoms with Crippen LogP contribution in [0.3, 0.4) is 0 Å². The number of benzene rings is 2. The standard InChI is InChI=1S/C42H56ClN3O8S/c1-50-39-8-2-7-37(53-22-18-45-16-20-51-21-17-45)34-12-9-31(34)26-46-27-42(15-3-5-29-23-32(43)11-13-35(29)42)28-54-38-14-10-30(24-36(38)46)41(47)44-55(48,49)40(39)25-33-6-4-19-52-33/h2,7,10-11,13-14,23-24,31,33-34,37,39-40H,3-6,8-9,12,15-22,25-28H2,1H3,(H,44,47)/b7-2+/t31-,33-,34+,37-,39-,40-,42-/m0/s1. The van der Waals surface area contributed by atoms with Gasteiger partial charge in [0.25, 0.3) is 5.91 Å². The predicted molar refractivity (Wildman–Crippen MR) is 212 cm³/mol. The number of ether oxygens (including phenoxy) is 5. The van der Waals surface area contributed by atoms with E-state index in [2.05, 4.69) is 32.7 Å². The van der Waals surface area contributed by atoms with E-state index in [1.165, 1.54) is 11.1 Å². The normalized spacial score (nSPS) is 33.1. The van der Waals surface area contributed by atoms with E-state index in [-0.39, 0.29) is 35.5 Å². The Morgan fingerprint density at radius 2 is 1.93 bits per heavy atom. The second-order valence-electron chi connectivity index (χ2n) is 16.4. The predicted octanol–water partition coefficient (Wildman–Crippen LogP) is 5.53. The van der Waals surface area contributed by atoms with Crippen LogP contribution in [-0.2, 0) is 40.8 Å². The second-order valence-corrected chi connectivity index (χ2v) is 18.7. The molecule has 2 aromatic rings. The highest BCUT2D eigenvalue weighted by Crippen LogP contribution is 2.47. The van der Waals surface area contributed by atoms with Crippen LogP contribution in [0.1, 0.15) is 72.9 Å². The molecule has 0 aromatic heterocycles. The Labute approximate surface area is 331 Å². The Hall–Kier alpha value is -2.71. The molecular formula is C42H56ClN3O8S. The average molecular weight is 798 g/mol. The average Bonchev–Trinajstić information content (AvgIpc) is 3.64. The fourth-order valence-corrected chi connectivity index (χ4v) is 11.6. The third-order valence-corrected chi connectivity index (χ3v) is 15.0. The Bertz CT molecular complexity index is 1820. The van der Waals surface area contributed by atoms with Gasteiger partial charge >= 0.3 is 0 Å². The first-order chi connectivity index (χ1) is 26.7. The van der Waals surface area contributed by atoms with Gasteiger partial charge in [0.15, 0.2) is 0 Å². The topological polar surface area (TPSA) is 116 Å². The number of rotatable bonds is 7. The molecule has 2 saturated heterocycles. The number of amides is 1. The molecule has 2 aromatic carbocycles. The lowest BCUT2D eigenvalue weighted by molar-refractivity contribution is -0.0316. The molecule has 3 fully saturated rings. The third-order valence-electron chi connectivity index (χ3n) is 13.0. The minimum atomic E-state index is -4.19. The summed E-state index contributed by atoms with van der Waals surface area (Å²) in [4.78, 5) is 18.8. The first-order valence-electron chi connectivity index (χ1n) is 20.3. The van der Waals surface area contributed by atoms with Crippen LogP contribution < -0.4 is 14.4 Å².